The Bertz CT molecular complexity index is 594. The summed E-state index contributed by atoms with van der Waals surface area (Å²) in [6.45, 7) is 1.34. The van der Waals surface area contributed by atoms with Gasteiger partial charge in [-0.2, -0.15) is 0 Å². The van der Waals surface area contributed by atoms with Gasteiger partial charge in [-0.05, 0) is 18.6 Å². The van der Waals surface area contributed by atoms with Crippen molar-refractivity contribution in [3.8, 4) is 16.9 Å². The highest BCUT2D eigenvalue weighted by molar-refractivity contribution is 5.78. The van der Waals surface area contributed by atoms with Crippen molar-refractivity contribution in [3.63, 3.8) is 0 Å². The summed E-state index contributed by atoms with van der Waals surface area (Å²) in [5.41, 5.74) is 6.18. The molecular weight excluding hydrogens is 254 g/mol. The van der Waals surface area contributed by atoms with Gasteiger partial charge in [0, 0.05) is 5.56 Å². The van der Waals surface area contributed by atoms with Crippen molar-refractivity contribution in [2.24, 2.45) is 5.73 Å². The number of hydrogen-bond donors (Lipinski definition) is 2. The molecule has 0 saturated heterocycles. The summed E-state index contributed by atoms with van der Waals surface area (Å²) < 4.78 is 5.61. The van der Waals surface area contributed by atoms with E-state index in [0.717, 1.165) is 11.1 Å². The highest BCUT2D eigenvalue weighted by Gasteiger charge is 2.29. The number of ether oxygens (including phenoxy) is 1. The van der Waals surface area contributed by atoms with Crippen LogP contribution in [0.5, 0.6) is 5.75 Å². The van der Waals surface area contributed by atoms with Crippen molar-refractivity contribution >= 4 is 5.97 Å². The van der Waals surface area contributed by atoms with Crippen LogP contribution in [0.3, 0.4) is 0 Å². The Morgan fingerprint density at radius 2 is 1.75 bits per heavy atom. The smallest absolute Gasteiger partial charge is 0.326 e. The van der Waals surface area contributed by atoms with Gasteiger partial charge in [0.05, 0.1) is 0 Å². The van der Waals surface area contributed by atoms with Gasteiger partial charge in [0.25, 0.3) is 0 Å². The number of para-hydroxylation sites is 1. The van der Waals surface area contributed by atoms with Crippen LogP contribution in [0.1, 0.15) is 6.92 Å². The molecule has 0 aliphatic carbocycles. The fraction of sp³-hybridized carbons (Fsp3) is 0.188. The Balaban J connectivity index is 2.24. The van der Waals surface area contributed by atoms with Gasteiger partial charge in [0.2, 0.25) is 0 Å². The normalized spacial score (nSPS) is 13.5. The van der Waals surface area contributed by atoms with Crippen LogP contribution < -0.4 is 10.5 Å². The zero-order chi connectivity index (χ0) is 14.6. The lowest BCUT2D eigenvalue weighted by atomic mass is 10.0. The molecule has 0 spiro atoms. The third kappa shape index (κ3) is 3.16. The molecule has 4 nitrogen and oxygen atoms in total. The van der Waals surface area contributed by atoms with Gasteiger partial charge >= 0.3 is 5.97 Å². The summed E-state index contributed by atoms with van der Waals surface area (Å²) >= 11 is 0. The predicted octanol–water partition coefficient (Wildman–Crippen LogP) is 2.53. The molecule has 2 aromatic rings. The second-order valence-electron chi connectivity index (χ2n) is 4.87. The largest absolute Gasteiger partial charge is 0.490 e. The molecule has 0 aliphatic heterocycles. The number of nitrogens with two attached hydrogens (primary N) is 1. The minimum atomic E-state index is -1.41. The SMILES string of the molecule is CC(N)(COc1ccccc1-c1ccccc1)C(=O)O. The Morgan fingerprint density at radius 1 is 1.15 bits per heavy atom. The molecular formula is C16H17NO3. The van der Waals surface area contributed by atoms with Crippen LogP contribution in [0.2, 0.25) is 0 Å². The van der Waals surface area contributed by atoms with Gasteiger partial charge in [-0.1, -0.05) is 48.5 Å². The van der Waals surface area contributed by atoms with E-state index in [0.29, 0.717) is 5.75 Å². The van der Waals surface area contributed by atoms with Crippen molar-refractivity contribution in [3.05, 3.63) is 54.6 Å². The van der Waals surface area contributed by atoms with E-state index in [1.54, 1.807) is 6.07 Å². The number of carboxylic acid groups (broad SMARTS) is 1. The van der Waals surface area contributed by atoms with E-state index in [-0.39, 0.29) is 6.61 Å². The summed E-state index contributed by atoms with van der Waals surface area (Å²) in [6, 6.07) is 17.3. The fourth-order valence-electron chi connectivity index (χ4n) is 1.74. The first-order valence-corrected chi connectivity index (χ1v) is 6.30. The summed E-state index contributed by atoms with van der Waals surface area (Å²) in [7, 11) is 0. The van der Waals surface area contributed by atoms with E-state index in [9.17, 15) is 4.79 Å². The van der Waals surface area contributed by atoms with Gasteiger partial charge in [-0.15, -0.1) is 0 Å². The van der Waals surface area contributed by atoms with Crippen molar-refractivity contribution in [1.82, 2.24) is 0 Å². The third-order valence-electron chi connectivity index (χ3n) is 2.99. The summed E-state index contributed by atoms with van der Waals surface area (Å²) in [5, 5.41) is 9.00. The van der Waals surface area contributed by atoms with Crippen LogP contribution in [0, 0.1) is 0 Å². The van der Waals surface area contributed by atoms with E-state index in [2.05, 4.69) is 0 Å². The molecule has 0 saturated carbocycles. The highest BCUT2D eigenvalue weighted by atomic mass is 16.5. The zero-order valence-electron chi connectivity index (χ0n) is 11.2. The van der Waals surface area contributed by atoms with Crippen LogP contribution in [-0.4, -0.2) is 23.2 Å². The lowest BCUT2D eigenvalue weighted by Crippen LogP contribution is -2.50. The Hall–Kier alpha value is -2.33. The first kappa shape index (κ1) is 14.1. The quantitative estimate of drug-likeness (QED) is 0.876. The van der Waals surface area contributed by atoms with Crippen molar-refractivity contribution in [1.29, 1.82) is 0 Å². The maximum Gasteiger partial charge on any atom is 0.326 e. The molecule has 0 heterocycles. The van der Waals surface area contributed by atoms with Crippen LogP contribution >= 0.6 is 0 Å². The first-order chi connectivity index (χ1) is 9.50. The molecule has 0 radical (unpaired) electrons. The predicted molar refractivity (Wildman–Crippen MR) is 77.6 cm³/mol. The molecule has 20 heavy (non-hydrogen) atoms. The lowest BCUT2D eigenvalue weighted by Gasteiger charge is -2.20. The topological polar surface area (TPSA) is 72.5 Å². The van der Waals surface area contributed by atoms with Gasteiger partial charge in [-0.3, -0.25) is 4.79 Å². The average Bonchev–Trinajstić information content (AvgIpc) is 2.46. The maximum absolute atomic E-state index is 11.0. The van der Waals surface area contributed by atoms with Crippen LogP contribution in [0.25, 0.3) is 11.1 Å². The fourth-order valence-corrected chi connectivity index (χ4v) is 1.74. The maximum atomic E-state index is 11.0. The van der Waals surface area contributed by atoms with E-state index in [1.807, 2.05) is 48.5 Å². The van der Waals surface area contributed by atoms with Crippen LogP contribution in [-0.2, 0) is 4.79 Å². The molecule has 0 fully saturated rings. The molecule has 1 unspecified atom stereocenters. The minimum Gasteiger partial charge on any atom is -0.490 e. The Labute approximate surface area is 117 Å². The highest BCUT2D eigenvalue weighted by Crippen LogP contribution is 2.29. The van der Waals surface area contributed by atoms with E-state index in [1.165, 1.54) is 6.92 Å². The van der Waals surface area contributed by atoms with Crippen molar-refractivity contribution in [2.45, 2.75) is 12.5 Å². The molecule has 104 valence electrons. The van der Waals surface area contributed by atoms with Crippen LogP contribution in [0.15, 0.2) is 54.6 Å². The zero-order valence-corrected chi connectivity index (χ0v) is 11.2. The van der Waals surface area contributed by atoms with E-state index < -0.39 is 11.5 Å². The van der Waals surface area contributed by atoms with Gasteiger partial charge < -0.3 is 15.6 Å². The lowest BCUT2D eigenvalue weighted by molar-refractivity contribution is -0.143. The number of rotatable bonds is 5. The number of aliphatic carboxylic acids is 1. The van der Waals surface area contributed by atoms with Gasteiger partial charge in [0.15, 0.2) is 0 Å². The second kappa shape index (κ2) is 5.75. The van der Waals surface area contributed by atoms with Crippen molar-refractivity contribution in [2.75, 3.05) is 6.61 Å². The summed E-state index contributed by atoms with van der Waals surface area (Å²) in [5.74, 6) is -0.466. The molecule has 0 bridgehead atoms. The van der Waals surface area contributed by atoms with E-state index in [4.69, 9.17) is 15.6 Å². The second-order valence-corrected chi connectivity index (χ2v) is 4.87. The monoisotopic (exact) mass is 271 g/mol. The van der Waals surface area contributed by atoms with Gasteiger partial charge in [0.1, 0.15) is 17.9 Å². The molecule has 0 amide bonds. The van der Waals surface area contributed by atoms with Crippen LogP contribution in [0.4, 0.5) is 0 Å². The molecule has 1 atom stereocenters. The van der Waals surface area contributed by atoms with Crippen molar-refractivity contribution < 1.29 is 14.6 Å². The number of carboxylic acids is 1. The molecule has 0 aromatic heterocycles. The number of hydrogen-bond acceptors (Lipinski definition) is 3. The average molecular weight is 271 g/mol. The number of benzene rings is 2. The summed E-state index contributed by atoms with van der Waals surface area (Å²) in [4.78, 5) is 11.0. The molecule has 0 aliphatic rings. The summed E-state index contributed by atoms with van der Waals surface area (Å²) in [6.07, 6.45) is 0. The standard InChI is InChI=1S/C16H17NO3/c1-16(17,15(18)19)11-20-14-10-6-5-9-13(14)12-7-3-2-4-8-12/h2-10H,11,17H2,1H3,(H,18,19). The Kier molecular flexibility index (Phi) is 4.05. The molecule has 2 rings (SSSR count). The molecule has 4 heteroatoms. The first-order valence-electron chi connectivity index (χ1n) is 6.30. The minimum absolute atomic E-state index is 0.0911. The third-order valence-corrected chi connectivity index (χ3v) is 2.99. The Morgan fingerprint density at radius 3 is 2.40 bits per heavy atom. The number of carbonyl (C=O) groups is 1. The van der Waals surface area contributed by atoms with Gasteiger partial charge in [-0.25, -0.2) is 0 Å². The molecule has 3 N–H and O–H groups in total. The van der Waals surface area contributed by atoms with E-state index >= 15 is 0 Å². The molecule has 2 aromatic carbocycles.